The number of nitrogens with one attached hydrogen (secondary N) is 2. The summed E-state index contributed by atoms with van der Waals surface area (Å²) in [5.74, 6) is 1.13. The molecule has 2 aromatic heterocycles. The first-order chi connectivity index (χ1) is 14.3. The Kier molecular flexibility index (Phi) is 5.01. The minimum absolute atomic E-state index is 0.450. The van der Waals surface area contributed by atoms with Crippen LogP contribution in [0.1, 0.15) is 24.2 Å². The summed E-state index contributed by atoms with van der Waals surface area (Å²) in [5, 5.41) is 12.0. The molecule has 1 saturated heterocycles. The van der Waals surface area contributed by atoms with Crippen molar-refractivity contribution in [3.8, 4) is 0 Å². The highest BCUT2D eigenvalue weighted by Gasteiger charge is 2.21. The number of nitrogens with zero attached hydrogens (tertiary/aromatic N) is 4. The lowest BCUT2D eigenvalue weighted by Crippen LogP contribution is -2.42. The third-order valence-electron chi connectivity index (χ3n) is 5.68. The Balaban J connectivity index is 1.23. The van der Waals surface area contributed by atoms with E-state index in [4.69, 9.17) is 0 Å². The number of rotatable bonds is 6. The molecule has 2 aromatic carbocycles. The fourth-order valence-electron chi connectivity index (χ4n) is 4.20. The molecule has 2 N–H and O–H groups in total. The molecule has 4 aromatic rings. The van der Waals surface area contributed by atoms with Gasteiger partial charge in [0.15, 0.2) is 0 Å². The fourth-order valence-corrected chi connectivity index (χ4v) is 4.20. The van der Waals surface area contributed by atoms with Crippen LogP contribution in [0.5, 0.6) is 0 Å². The Morgan fingerprint density at radius 3 is 2.97 bits per heavy atom. The van der Waals surface area contributed by atoms with Crippen molar-refractivity contribution in [2.45, 2.75) is 32.0 Å². The van der Waals surface area contributed by atoms with Gasteiger partial charge in [0, 0.05) is 42.6 Å². The lowest BCUT2D eigenvalue weighted by Gasteiger charge is -2.33. The van der Waals surface area contributed by atoms with Crippen molar-refractivity contribution >= 4 is 16.6 Å². The number of H-pyrrole nitrogens is 1. The maximum absolute atomic E-state index is 4.63. The van der Waals surface area contributed by atoms with Crippen molar-refractivity contribution < 1.29 is 0 Å². The highest BCUT2D eigenvalue weighted by molar-refractivity contribution is 5.81. The molecule has 1 unspecified atom stereocenters. The Bertz CT molecular complexity index is 1070. The maximum atomic E-state index is 4.63. The van der Waals surface area contributed by atoms with Gasteiger partial charge in [-0.15, -0.1) is 0 Å². The summed E-state index contributed by atoms with van der Waals surface area (Å²) < 4.78 is 2.26. The van der Waals surface area contributed by atoms with Crippen LogP contribution in [0.25, 0.3) is 10.9 Å². The van der Waals surface area contributed by atoms with Crippen LogP contribution >= 0.6 is 0 Å². The second-order valence-electron chi connectivity index (χ2n) is 7.85. The van der Waals surface area contributed by atoms with E-state index in [2.05, 4.69) is 84.7 Å². The fraction of sp³-hybridized carbons (Fsp3) is 0.304. The number of fused-ring (bicyclic) bond motifs is 1. The first-order valence-electron chi connectivity index (χ1n) is 10.3. The van der Waals surface area contributed by atoms with Crippen molar-refractivity contribution in [1.82, 2.24) is 24.6 Å². The molecule has 1 atom stereocenters. The average Bonchev–Trinajstić information content (AvgIpc) is 3.38. The molecule has 1 fully saturated rings. The van der Waals surface area contributed by atoms with Gasteiger partial charge in [0.25, 0.3) is 0 Å². The first kappa shape index (κ1) is 17.9. The molecule has 0 aliphatic carbocycles. The molecule has 1 aliphatic heterocycles. The third kappa shape index (κ3) is 4.17. The summed E-state index contributed by atoms with van der Waals surface area (Å²) in [7, 11) is 0. The van der Waals surface area contributed by atoms with Gasteiger partial charge in [0.1, 0.15) is 5.82 Å². The number of likely N-dealkylation sites (tertiary alicyclic amines) is 1. The van der Waals surface area contributed by atoms with E-state index in [0.717, 1.165) is 48.6 Å². The van der Waals surface area contributed by atoms with Gasteiger partial charge in [0.05, 0.1) is 18.3 Å². The zero-order valence-corrected chi connectivity index (χ0v) is 16.5. The van der Waals surface area contributed by atoms with Gasteiger partial charge in [-0.1, -0.05) is 30.3 Å². The van der Waals surface area contributed by atoms with Crippen molar-refractivity contribution in [2.75, 3.05) is 18.4 Å². The van der Waals surface area contributed by atoms with E-state index in [1.165, 1.54) is 18.4 Å². The van der Waals surface area contributed by atoms with Gasteiger partial charge in [-0.3, -0.25) is 10.00 Å². The average molecular weight is 387 g/mol. The van der Waals surface area contributed by atoms with Crippen LogP contribution in [-0.4, -0.2) is 43.8 Å². The predicted molar refractivity (Wildman–Crippen MR) is 116 cm³/mol. The molecule has 3 heterocycles. The lowest BCUT2D eigenvalue weighted by atomic mass is 10.0. The Labute approximate surface area is 170 Å². The maximum Gasteiger partial charge on any atom is 0.123 e. The van der Waals surface area contributed by atoms with E-state index < -0.39 is 0 Å². The third-order valence-corrected chi connectivity index (χ3v) is 5.68. The zero-order valence-electron chi connectivity index (χ0n) is 16.5. The largest absolute Gasteiger partial charge is 0.381 e. The van der Waals surface area contributed by atoms with Gasteiger partial charge in [-0.05, 0) is 43.1 Å². The molecule has 6 heteroatoms. The summed E-state index contributed by atoms with van der Waals surface area (Å²) in [5.41, 5.74) is 3.54. The topological polar surface area (TPSA) is 61.8 Å². The van der Waals surface area contributed by atoms with Crippen LogP contribution in [0.15, 0.2) is 67.1 Å². The standard InChI is InChI=1S/C23H26N6/c1-2-5-18(6-3-1)15-29-12-10-24-23(29)17-28-11-4-7-21(16-28)26-20-8-9-22-19(13-20)14-25-27-22/h1-3,5-6,8-10,12-14,21,26H,4,7,11,15-17H2,(H,25,27). The molecule has 1 aliphatic rings. The number of anilines is 1. The first-order valence-corrected chi connectivity index (χ1v) is 10.3. The number of hydrogen-bond acceptors (Lipinski definition) is 4. The van der Waals surface area contributed by atoms with Crippen LogP contribution in [0.2, 0.25) is 0 Å². The highest BCUT2D eigenvalue weighted by atomic mass is 15.2. The Hall–Kier alpha value is -3.12. The minimum atomic E-state index is 0.450. The van der Waals surface area contributed by atoms with Gasteiger partial charge in [-0.2, -0.15) is 5.10 Å². The van der Waals surface area contributed by atoms with Gasteiger partial charge >= 0.3 is 0 Å². The van der Waals surface area contributed by atoms with E-state index in [9.17, 15) is 0 Å². The normalized spacial score (nSPS) is 17.6. The molecule has 148 valence electrons. The molecule has 0 spiro atoms. The summed E-state index contributed by atoms with van der Waals surface area (Å²) in [6, 6.07) is 17.4. The SMILES string of the molecule is c1ccc(Cn2ccnc2CN2CCCC(Nc3ccc4[nH]ncc4c3)C2)cc1. The van der Waals surface area contributed by atoms with Crippen molar-refractivity contribution in [3.05, 3.63) is 78.5 Å². The number of imidazole rings is 1. The van der Waals surface area contributed by atoms with E-state index in [-0.39, 0.29) is 0 Å². The minimum Gasteiger partial charge on any atom is -0.381 e. The summed E-state index contributed by atoms with van der Waals surface area (Å²) >= 11 is 0. The second kappa shape index (κ2) is 8.09. The van der Waals surface area contributed by atoms with E-state index in [0.29, 0.717) is 6.04 Å². The van der Waals surface area contributed by atoms with Gasteiger partial charge < -0.3 is 9.88 Å². The molecule has 0 radical (unpaired) electrons. The van der Waals surface area contributed by atoms with Crippen LogP contribution in [0.4, 0.5) is 5.69 Å². The molecular weight excluding hydrogens is 360 g/mol. The zero-order chi connectivity index (χ0) is 19.5. The predicted octanol–water partition coefficient (Wildman–Crippen LogP) is 3.88. The molecular formula is C23H26N6. The van der Waals surface area contributed by atoms with E-state index in [1.807, 2.05) is 12.4 Å². The lowest BCUT2D eigenvalue weighted by molar-refractivity contribution is 0.202. The van der Waals surface area contributed by atoms with Crippen LogP contribution in [0.3, 0.4) is 0 Å². The molecule has 0 bridgehead atoms. The molecule has 0 amide bonds. The number of aromatic nitrogens is 4. The van der Waals surface area contributed by atoms with Crippen molar-refractivity contribution in [2.24, 2.45) is 0 Å². The Morgan fingerprint density at radius 2 is 2.03 bits per heavy atom. The van der Waals surface area contributed by atoms with Crippen LogP contribution in [-0.2, 0) is 13.1 Å². The molecule has 29 heavy (non-hydrogen) atoms. The van der Waals surface area contributed by atoms with Gasteiger partial charge in [-0.25, -0.2) is 4.98 Å². The number of piperidine rings is 1. The van der Waals surface area contributed by atoms with Crippen LogP contribution < -0.4 is 5.32 Å². The Morgan fingerprint density at radius 1 is 1.10 bits per heavy atom. The number of hydrogen-bond donors (Lipinski definition) is 2. The van der Waals surface area contributed by atoms with Crippen LogP contribution in [0, 0.1) is 0 Å². The second-order valence-corrected chi connectivity index (χ2v) is 7.85. The number of benzene rings is 2. The smallest absolute Gasteiger partial charge is 0.123 e. The summed E-state index contributed by atoms with van der Waals surface area (Å²) in [6.07, 6.45) is 8.27. The summed E-state index contributed by atoms with van der Waals surface area (Å²) in [4.78, 5) is 7.15. The van der Waals surface area contributed by atoms with Crippen molar-refractivity contribution in [3.63, 3.8) is 0 Å². The van der Waals surface area contributed by atoms with E-state index in [1.54, 1.807) is 0 Å². The molecule has 6 nitrogen and oxygen atoms in total. The monoisotopic (exact) mass is 386 g/mol. The molecule has 5 rings (SSSR count). The van der Waals surface area contributed by atoms with E-state index >= 15 is 0 Å². The highest BCUT2D eigenvalue weighted by Crippen LogP contribution is 2.21. The number of aromatic amines is 1. The molecule has 0 saturated carbocycles. The summed E-state index contributed by atoms with van der Waals surface area (Å²) in [6.45, 7) is 3.91. The quantitative estimate of drug-likeness (QED) is 0.528. The van der Waals surface area contributed by atoms with Gasteiger partial charge in [0.2, 0.25) is 0 Å². The van der Waals surface area contributed by atoms with Crippen molar-refractivity contribution in [1.29, 1.82) is 0 Å².